The number of amides is 1. The number of alkyl halides is 3. The minimum absolute atomic E-state index is 0.0858. The van der Waals surface area contributed by atoms with Crippen molar-refractivity contribution in [2.45, 2.75) is 31.9 Å². The number of aromatic nitrogens is 1. The maximum atomic E-state index is 13.1. The molecule has 4 rings (SSSR count). The van der Waals surface area contributed by atoms with Gasteiger partial charge in [0.05, 0.1) is 11.3 Å². The molecular formula is C23H21F3N2O2S. The summed E-state index contributed by atoms with van der Waals surface area (Å²) in [6, 6.07) is 12.0. The Bertz CT molecular complexity index is 1070. The molecule has 0 unspecified atom stereocenters. The molecule has 1 aromatic heterocycles. The molecule has 162 valence electrons. The van der Waals surface area contributed by atoms with Crippen molar-refractivity contribution < 1.29 is 23.1 Å². The predicted molar refractivity (Wildman–Crippen MR) is 113 cm³/mol. The number of nitrogens with zero attached hydrogens (tertiary/aromatic N) is 2. The van der Waals surface area contributed by atoms with E-state index < -0.39 is 11.7 Å². The van der Waals surface area contributed by atoms with E-state index in [-0.39, 0.29) is 11.7 Å². The molecule has 0 radical (unpaired) electrons. The zero-order valence-electron chi connectivity index (χ0n) is 16.8. The van der Waals surface area contributed by atoms with Gasteiger partial charge in [-0.1, -0.05) is 24.3 Å². The molecule has 0 bridgehead atoms. The van der Waals surface area contributed by atoms with Crippen LogP contribution in [0.5, 0.6) is 5.75 Å². The second kappa shape index (κ2) is 8.34. The van der Waals surface area contributed by atoms with Gasteiger partial charge in [0.25, 0.3) is 5.91 Å². The number of likely N-dealkylation sites (tertiary alicyclic amines) is 1. The number of aryl methyl sites for hydroxylation is 1. The summed E-state index contributed by atoms with van der Waals surface area (Å²) >= 11 is 1.22. The smallest absolute Gasteiger partial charge is 0.416 e. The third-order valence-electron chi connectivity index (χ3n) is 5.60. The Balaban J connectivity index is 1.45. The Morgan fingerprint density at radius 2 is 1.68 bits per heavy atom. The van der Waals surface area contributed by atoms with Crippen molar-refractivity contribution in [1.82, 2.24) is 9.88 Å². The highest BCUT2D eigenvalue weighted by molar-refractivity contribution is 7.17. The molecule has 0 saturated carbocycles. The van der Waals surface area contributed by atoms with Crippen molar-refractivity contribution >= 4 is 17.2 Å². The fourth-order valence-electron chi connectivity index (χ4n) is 3.83. The molecule has 1 amide bonds. The summed E-state index contributed by atoms with van der Waals surface area (Å²) in [5.41, 5.74) is 1.59. The van der Waals surface area contributed by atoms with Gasteiger partial charge in [-0.3, -0.25) is 4.79 Å². The molecule has 1 saturated heterocycles. The number of benzene rings is 2. The highest BCUT2D eigenvalue weighted by atomic mass is 32.1. The van der Waals surface area contributed by atoms with Gasteiger partial charge in [-0.25, -0.2) is 4.98 Å². The largest absolute Gasteiger partial charge is 0.508 e. The Morgan fingerprint density at radius 1 is 1.06 bits per heavy atom. The molecule has 31 heavy (non-hydrogen) atoms. The number of thiazole rings is 1. The van der Waals surface area contributed by atoms with E-state index in [0.29, 0.717) is 40.1 Å². The summed E-state index contributed by atoms with van der Waals surface area (Å²) in [4.78, 5) is 19.8. The molecule has 2 heterocycles. The van der Waals surface area contributed by atoms with Gasteiger partial charge in [-0.2, -0.15) is 13.2 Å². The van der Waals surface area contributed by atoms with Crippen LogP contribution in [0.3, 0.4) is 0 Å². The van der Waals surface area contributed by atoms with Gasteiger partial charge in [0, 0.05) is 18.7 Å². The lowest BCUT2D eigenvalue weighted by Crippen LogP contribution is -2.37. The van der Waals surface area contributed by atoms with E-state index >= 15 is 0 Å². The number of piperidine rings is 1. The molecule has 0 atom stereocenters. The molecule has 8 heteroatoms. The third-order valence-corrected chi connectivity index (χ3v) is 6.79. The highest BCUT2D eigenvalue weighted by Gasteiger charge is 2.30. The van der Waals surface area contributed by atoms with E-state index in [1.807, 2.05) is 17.0 Å². The van der Waals surface area contributed by atoms with Crippen LogP contribution in [0.1, 0.15) is 45.3 Å². The molecule has 1 aliphatic heterocycles. The van der Waals surface area contributed by atoms with Crippen LogP contribution in [-0.2, 0) is 6.18 Å². The maximum Gasteiger partial charge on any atom is 0.416 e. The van der Waals surface area contributed by atoms with Gasteiger partial charge in [0.1, 0.15) is 15.6 Å². The van der Waals surface area contributed by atoms with Crippen LogP contribution in [0.2, 0.25) is 0 Å². The van der Waals surface area contributed by atoms with Crippen LogP contribution in [0.25, 0.3) is 10.6 Å². The lowest BCUT2D eigenvalue weighted by Gasteiger charge is -2.32. The number of hydrogen-bond donors (Lipinski definition) is 1. The van der Waals surface area contributed by atoms with E-state index in [9.17, 15) is 23.1 Å². The molecule has 4 nitrogen and oxygen atoms in total. The first-order chi connectivity index (χ1) is 14.7. The first-order valence-corrected chi connectivity index (χ1v) is 10.8. The molecular weight excluding hydrogens is 425 g/mol. The van der Waals surface area contributed by atoms with E-state index in [1.54, 1.807) is 19.1 Å². The zero-order chi connectivity index (χ0) is 22.2. The Labute approximate surface area is 182 Å². The number of phenols is 1. The Morgan fingerprint density at radius 3 is 2.26 bits per heavy atom. The summed E-state index contributed by atoms with van der Waals surface area (Å²) in [6.45, 7) is 3.00. The maximum absolute atomic E-state index is 13.1. The van der Waals surface area contributed by atoms with E-state index in [4.69, 9.17) is 0 Å². The van der Waals surface area contributed by atoms with Crippen LogP contribution >= 0.6 is 11.3 Å². The summed E-state index contributed by atoms with van der Waals surface area (Å²) in [5.74, 6) is 0.494. The lowest BCUT2D eigenvalue weighted by atomic mass is 9.89. The van der Waals surface area contributed by atoms with Gasteiger partial charge in [0.2, 0.25) is 0 Å². The lowest BCUT2D eigenvalue weighted by molar-refractivity contribution is -0.137. The summed E-state index contributed by atoms with van der Waals surface area (Å²) in [7, 11) is 0. The van der Waals surface area contributed by atoms with Crippen LogP contribution in [0, 0.1) is 6.92 Å². The molecule has 0 aliphatic carbocycles. The minimum Gasteiger partial charge on any atom is -0.508 e. The Kier molecular flexibility index (Phi) is 5.75. The average Bonchev–Trinajstić information content (AvgIpc) is 3.15. The normalized spacial score (nSPS) is 15.3. The topological polar surface area (TPSA) is 53.4 Å². The van der Waals surface area contributed by atoms with Gasteiger partial charge >= 0.3 is 6.18 Å². The summed E-state index contributed by atoms with van der Waals surface area (Å²) < 4.78 is 38.3. The number of phenolic OH excluding ortho intramolecular Hbond substituents is 1. The fourth-order valence-corrected chi connectivity index (χ4v) is 4.87. The molecule has 2 aromatic carbocycles. The van der Waals surface area contributed by atoms with Gasteiger partial charge in [-0.15, -0.1) is 11.3 Å². The second-order valence-corrected chi connectivity index (χ2v) is 8.67. The Hall–Kier alpha value is -2.87. The van der Waals surface area contributed by atoms with E-state index in [2.05, 4.69) is 4.98 Å². The van der Waals surface area contributed by atoms with Gasteiger partial charge in [0.15, 0.2) is 0 Å². The summed E-state index contributed by atoms with van der Waals surface area (Å²) in [6.07, 6.45) is -2.72. The number of carbonyl (C=O) groups is 1. The van der Waals surface area contributed by atoms with Crippen molar-refractivity contribution in [3.8, 4) is 16.3 Å². The average molecular weight is 446 g/mol. The van der Waals surface area contributed by atoms with Crippen LogP contribution < -0.4 is 0 Å². The number of aromatic hydroxyl groups is 1. The molecule has 3 aromatic rings. The predicted octanol–water partition coefficient (Wildman–Crippen LogP) is 5.86. The quantitative estimate of drug-likeness (QED) is 0.548. The van der Waals surface area contributed by atoms with Crippen LogP contribution in [0.15, 0.2) is 48.5 Å². The third kappa shape index (κ3) is 4.58. The van der Waals surface area contributed by atoms with Crippen molar-refractivity contribution in [3.63, 3.8) is 0 Å². The number of hydrogen-bond acceptors (Lipinski definition) is 4. The number of carbonyl (C=O) groups excluding carboxylic acids is 1. The van der Waals surface area contributed by atoms with E-state index in [0.717, 1.165) is 30.5 Å². The second-order valence-electron chi connectivity index (χ2n) is 7.67. The summed E-state index contributed by atoms with van der Waals surface area (Å²) in [5, 5.41) is 9.98. The molecule has 1 aliphatic rings. The monoisotopic (exact) mass is 446 g/mol. The van der Waals surface area contributed by atoms with Crippen LogP contribution in [0.4, 0.5) is 13.2 Å². The van der Waals surface area contributed by atoms with E-state index in [1.165, 1.54) is 23.5 Å². The number of rotatable bonds is 3. The van der Waals surface area contributed by atoms with Crippen molar-refractivity contribution in [3.05, 3.63) is 70.2 Å². The standard InChI is InChI=1S/C23H21F3N2O2S/c1-14-20(31-21(27-14)17-2-6-18(7-3-17)23(24,25)26)22(30)28-12-10-16(11-13-28)15-4-8-19(29)9-5-15/h2-9,16,29H,10-13H2,1H3. The first-order valence-electron chi connectivity index (χ1n) is 9.95. The van der Waals surface area contributed by atoms with Crippen molar-refractivity contribution in [2.24, 2.45) is 0 Å². The van der Waals surface area contributed by atoms with Crippen molar-refractivity contribution in [1.29, 1.82) is 0 Å². The molecule has 0 spiro atoms. The SMILES string of the molecule is Cc1nc(-c2ccc(C(F)(F)F)cc2)sc1C(=O)N1CCC(c2ccc(O)cc2)CC1. The fraction of sp³-hybridized carbons (Fsp3) is 0.304. The van der Waals surface area contributed by atoms with Crippen LogP contribution in [-0.4, -0.2) is 34.0 Å². The minimum atomic E-state index is -4.38. The number of halogens is 3. The molecule has 1 fully saturated rings. The van der Waals surface area contributed by atoms with Crippen molar-refractivity contribution in [2.75, 3.05) is 13.1 Å². The zero-order valence-corrected chi connectivity index (χ0v) is 17.6. The highest BCUT2D eigenvalue weighted by Crippen LogP contribution is 2.34. The first kappa shape index (κ1) is 21.4. The van der Waals surface area contributed by atoms with Gasteiger partial charge < -0.3 is 10.0 Å². The molecule has 1 N–H and O–H groups in total. The van der Waals surface area contributed by atoms with Gasteiger partial charge in [-0.05, 0) is 55.5 Å².